The third-order valence-corrected chi connectivity index (χ3v) is 3.13. The van der Waals surface area contributed by atoms with Crippen molar-refractivity contribution in [2.75, 3.05) is 6.61 Å². The lowest BCUT2D eigenvalue weighted by Crippen LogP contribution is -1.95. The smallest absolute Gasteiger partial charge is 0.403 e. The zero-order chi connectivity index (χ0) is 19.2. The molecule has 2 aromatic heterocycles. The maximum Gasteiger partial charge on any atom is 0.403 e. The number of carbonyl (C=O) groups excluding carboxylic acids is 1. The largest absolute Gasteiger partial charge is 0.478 e. The molecule has 0 saturated heterocycles. The summed E-state index contributed by atoms with van der Waals surface area (Å²) in [6, 6.07) is 3.32. The van der Waals surface area contributed by atoms with Crippen molar-refractivity contribution in [3.63, 3.8) is 0 Å². The van der Waals surface area contributed by atoms with Crippen LogP contribution in [0.2, 0.25) is 0 Å². The molecule has 0 atom stereocenters. The van der Waals surface area contributed by atoms with Crippen molar-refractivity contribution in [1.29, 1.82) is 0 Å². The number of aliphatic hydroxyl groups is 1. The van der Waals surface area contributed by atoms with Crippen molar-refractivity contribution >= 4 is 54.9 Å². The fraction of sp³-hybridized carbons (Fsp3) is 0.200. The van der Waals surface area contributed by atoms with E-state index in [-0.39, 0.29) is 12.2 Å². The Morgan fingerprint density at radius 2 is 1.68 bits per heavy atom. The molecule has 0 saturated carbocycles. The van der Waals surface area contributed by atoms with E-state index in [9.17, 15) is 9.59 Å². The highest BCUT2D eigenvalue weighted by molar-refractivity contribution is 9.10. The quantitative estimate of drug-likeness (QED) is 0.609. The number of carboxylic acid groups (broad SMARTS) is 1. The molecule has 25 heavy (non-hydrogen) atoms. The van der Waals surface area contributed by atoms with Gasteiger partial charge in [0.15, 0.2) is 0 Å². The van der Waals surface area contributed by atoms with Crippen LogP contribution in [0.4, 0.5) is 4.79 Å². The molecule has 0 aliphatic rings. The van der Waals surface area contributed by atoms with E-state index < -0.39 is 11.4 Å². The molecule has 2 heterocycles. The van der Waals surface area contributed by atoms with Gasteiger partial charge in [0.1, 0.15) is 0 Å². The van der Waals surface area contributed by atoms with Gasteiger partial charge in [-0.1, -0.05) is 0 Å². The first kappa shape index (κ1) is 23.4. The van der Waals surface area contributed by atoms with Gasteiger partial charge < -0.3 is 14.9 Å². The SMILES string of the molecule is CCOC(=O)Cl.O=C(O)c1cncc(Br)c1.OCc1cncc(Br)c1. The number of aromatic carboxylic acids is 1. The molecule has 10 heteroatoms. The summed E-state index contributed by atoms with van der Waals surface area (Å²) >= 11 is 11.1. The molecule has 0 aliphatic heterocycles. The Kier molecular flexibility index (Phi) is 12.9. The maximum absolute atomic E-state index is 10.3. The molecule has 136 valence electrons. The lowest BCUT2D eigenvalue weighted by atomic mass is 10.3. The highest BCUT2D eigenvalue weighted by Gasteiger charge is 2.01. The van der Waals surface area contributed by atoms with E-state index in [2.05, 4.69) is 46.6 Å². The monoisotopic (exact) mass is 496 g/mol. The Morgan fingerprint density at radius 3 is 1.96 bits per heavy atom. The van der Waals surface area contributed by atoms with Crippen LogP contribution >= 0.6 is 43.5 Å². The predicted molar refractivity (Wildman–Crippen MR) is 99.6 cm³/mol. The number of hydrogen-bond acceptors (Lipinski definition) is 6. The number of rotatable bonds is 3. The summed E-state index contributed by atoms with van der Waals surface area (Å²) in [5.74, 6) is -0.964. The van der Waals surface area contributed by atoms with Gasteiger partial charge in [-0.05, 0) is 56.5 Å². The summed E-state index contributed by atoms with van der Waals surface area (Å²) in [6.45, 7) is 2.09. The first-order valence-corrected chi connectivity index (χ1v) is 8.62. The molecule has 0 unspecified atom stereocenters. The molecule has 0 radical (unpaired) electrons. The number of hydrogen-bond donors (Lipinski definition) is 2. The molecule has 7 nitrogen and oxygen atoms in total. The third kappa shape index (κ3) is 12.5. The van der Waals surface area contributed by atoms with Gasteiger partial charge in [-0.25, -0.2) is 9.59 Å². The van der Waals surface area contributed by atoms with Gasteiger partial charge in [0.05, 0.1) is 18.8 Å². The zero-order valence-electron chi connectivity index (χ0n) is 13.0. The van der Waals surface area contributed by atoms with Crippen molar-refractivity contribution in [2.45, 2.75) is 13.5 Å². The summed E-state index contributed by atoms with van der Waals surface area (Å²) in [5.41, 5.74) is 0.274. The molecule has 0 aromatic carbocycles. The molecule has 2 N–H and O–H groups in total. The van der Waals surface area contributed by atoms with Crippen LogP contribution in [-0.2, 0) is 11.3 Å². The second-order valence-corrected chi connectivity index (χ2v) is 6.18. The number of nitrogens with zero attached hydrogens (tertiary/aromatic N) is 2. The number of ether oxygens (including phenoxy) is 1. The number of halogens is 3. The molecule has 0 fully saturated rings. The van der Waals surface area contributed by atoms with Crippen LogP contribution in [-0.4, -0.2) is 38.2 Å². The Bertz CT molecular complexity index is 688. The average Bonchev–Trinajstić information content (AvgIpc) is 2.56. The lowest BCUT2D eigenvalue weighted by molar-refractivity contribution is 0.0696. The number of carboxylic acids is 1. The maximum atomic E-state index is 10.3. The molecule has 0 amide bonds. The van der Waals surface area contributed by atoms with E-state index in [1.807, 2.05) is 6.07 Å². The highest BCUT2D eigenvalue weighted by Crippen LogP contribution is 2.09. The van der Waals surface area contributed by atoms with E-state index in [1.165, 1.54) is 18.5 Å². The predicted octanol–water partition coefficient (Wildman–Crippen LogP) is 4.26. The zero-order valence-corrected chi connectivity index (χ0v) is 17.0. The van der Waals surface area contributed by atoms with E-state index >= 15 is 0 Å². The van der Waals surface area contributed by atoms with Crippen molar-refractivity contribution in [1.82, 2.24) is 9.97 Å². The average molecular weight is 499 g/mol. The minimum absolute atomic E-state index is 0.0481. The Balaban J connectivity index is 0.000000358. The first-order chi connectivity index (χ1) is 11.8. The molecule has 0 bridgehead atoms. The molecular formula is C15H15Br2ClN2O5. The van der Waals surface area contributed by atoms with Crippen LogP contribution in [0.5, 0.6) is 0 Å². The first-order valence-electron chi connectivity index (χ1n) is 6.66. The molecular weight excluding hydrogens is 483 g/mol. The summed E-state index contributed by atoms with van der Waals surface area (Å²) in [5, 5.41) is 17.0. The van der Waals surface area contributed by atoms with Crippen LogP contribution in [0.3, 0.4) is 0 Å². The van der Waals surface area contributed by atoms with Gasteiger partial charge in [-0.2, -0.15) is 0 Å². The number of pyridine rings is 2. The number of carbonyl (C=O) groups is 2. The summed E-state index contributed by atoms with van der Waals surface area (Å²) < 4.78 is 5.74. The lowest BCUT2D eigenvalue weighted by Gasteiger charge is -1.92. The number of aromatic nitrogens is 2. The van der Waals surface area contributed by atoms with Crippen molar-refractivity contribution < 1.29 is 24.5 Å². The van der Waals surface area contributed by atoms with Crippen molar-refractivity contribution in [3.05, 3.63) is 57.0 Å². The molecule has 0 aliphatic carbocycles. The van der Waals surface area contributed by atoms with Gasteiger partial charge in [0.2, 0.25) is 0 Å². The molecule has 2 rings (SSSR count). The summed E-state index contributed by atoms with van der Waals surface area (Å²) in [6.07, 6.45) is 6.14. The molecule has 0 spiro atoms. The van der Waals surface area contributed by atoms with Crippen LogP contribution in [0.25, 0.3) is 0 Å². The van der Waals surface area contributed by atoms with E-state index in [4.69, 9.17) is 21.8 Å². The van der Waals surface area contributed by atoms with Crippen molar-refractivity contribution in [3.8, 4) is 0 Å². The number of aliphatic hydroxyl groups excluding tert-OH is 1. The third-order valence-electron chi connectivity index (χ3n) is 2.15. The van der Waals surface area contributed by atoms with Crippen LogP contribution < -0.4 is 0 Å². The Labute approximate surface area is 166 Å². The summed E-state index contributed by atoms with van der Waals surface area (Å²) in [4.78, 5) is 27.4. The second-order valence-electron chi connectivity index (χ2n) is 4.04. The fourth-order valence-corrected chi connectivity index (χ4v) is 2.07. The van der Waals surface area contributed by atoms with E-state index in [0.717, 1.165) is 10.0 Å². The Morgan fingerprint density at radius 1 is 1.12 bits per heavy atom. The van der Waals surface area contributed by atoms with Crippen LogP contribution in [0, 0.1) is 0 Å². The topological polar surface area (TPSA) is 110 Å². The van der Waals surface area contributed by atoms with Crippen LogP contribution in [0.1, 0.15) is 22.8 Å². The minimum atomic E-state index is -0.964. The normalized spacial score (nSPS) is 9.00. The van der Waals surface area contributed by atoms with E-state index in [0.29, 0.717) is 11.1 Å². The Hall–Kier alpha value is -1.55. The van der Waals surface area contributed by atoms with Crippen LogP contribution in [0.15, 0.2) is 45.9 Å². The van der Waals surface area contributed by atoms with Gasteiger partial charge >= 0.3 is 11.4 Å². The van der Waals surface area contributed by atoms with Gasteiger partial charge in [-0.3, -0.25) is 9.97 Å². The minimum Gasteiger partial charge on any atom is -0.478 e. The fourth-order valence-electron chi connectivity index (χ4n) is 1.18. The standard InChI is InChI=1S/C6H4BrNO2.C6H6BrNO.C3H5ClO2/c7-5-1-4(6(9)10)2-8-3-5;7-6-1-5(4-9)2-8-3-6;1-2-6-3(4)5/h1-3H,(H,9,10);1-3,9H,4H2;2H2,1H3. The van der Waals surface area contributed by atoms with Gasteiger partial charge in [0, 0.05) is 45.3 Å². The second kappa shape index (κ2) is 13.7. The summed E-state index contributed by atoms with van der Waals surface area (Å²) in [7, 11) is 0. The van der Waals surface area contributed by atoms with Crippen molar-refractivity contribution in [2.24, 2.45) is 0 Å². The van der Waals surface area contributed by atoms with Gasteiger partial charge in [-0.15, -0.1) is 0 Å². The highest BCUT2D eigenvalue weighted by atomic mass is 79.9. The van der Waals surface area contributed by atoms with E-state index in [1.54, 1.807) is 19.3 Å². The van der Waals surface area contributed by atoms with Gasteiger partial charge in [0.25, 0.3) is 0 Å². The molecule has 2 aromatic rings.